The molecule has 0 unspecified atom stereocenters. The molecule has 0 saturated heterocycles. The van der Waals surface area contributed by atoms with Gasteiger partial charge >= 0.3 is 0 Å². The Morgan fingerprint density at radius 1 is 1.50 bits per heavy atom. The van der Waals surface area contributed by atoms with Gasteiger partial charge in [0.2, 0.25) is 5.78 Å². The summed E-state index contributed by atoms with van der Waals surface area (Å²) in [5, 5.41) is 1.92. The smallest absolute Gasteiger partial charge is 0.203 e. The van der Waals surface area contributed by atoms with E-state index in [1.807, 2.05) is 18.4 Å². The van der Waals surface area contributed by atoms with Gasteiger partial charge in [-0.15, -0.1) is 11.3 Å². The first-order chi connectivity index (χ1) is 7.72. The fraction of sp³-hybridized carbons (Fsp3) is 0.167. The number of carbonyl (C=O) groups excluding carboxylic acids is 1. The third-order valence-corrected chi connectivity index (χ3v) is 3.37. The Morgan fingerprint density at radius 3 is 2.94 bits per heavy atom. The zero-order valence-electron chi connectivity index (χ0n) is 8.93. The van der Waals surface area contributed by atoms with Gasteiger partial charge in [-0.05, 0) is 36.1 Å². The quantitative estimate of drug-likeness (QED) is 0.825. The maximum atomic E-state index is 12.1. The summed E-state index contributed by atoms with van der Waals surface area (Å²) in [5.74, 6) is 0.0459. The van der Waals surface area contributed by atoms with Crippen molar-refractivity contribution in [2.75, 3.05) is 0 Å². The van der Waals surface area contributed by atoms with Crippen LogP contribution in [0.15, 0.2) is 29.8 Å². The van der Waals surface area contributed by atoms with E-state index in [2.05, 4.69) is 4.98 Å². The second-order valence-corrected chi connectivity index (χ2v) is 4.42. The number of aromatic nitrogens is 1. The van der Waals surface area contributed by atoms with E-state index in [-0.39, 0.29) is 5.78 Å². The van der Waals surface area contributed by atoms with Crippen molar-refractivity contribution in [1.82, 2.24) is 4.98 Å². The molecule has 0 aliphatic carbocycles. The van der Waals surface area contributed by atoms with Crippen LogP contribution in [0.4, 0.5) is 0 Å². The monoisotopic (exact) mass is 232 g/mol. The highest BCUT2D eigenvalue weighted by atomic mass is 32.1. The second-order valence-electron chi connectivity index (χ2n) is 3.50. The summed E-state index contributed by atoms with van der Waals surface area (Å²) in [7, 11) is 0. The van der Waals surface area contributed by atoms with Crippen LogP contribution in [0.25, 0.3) is 0 Å². The summed E-state index contributed by atoms with van der Waals surface area (Å²) in [6.45, 7) is 2.29. The predicted molar refractivity (Wildman–Crippen MR) is 64.6 cm³/mol. The van der Waals surface area contributed by atoms with E-state index in [0.717, 1.165) is 16.1 Å². The number of rotatable bonds is 3. The molecule has 2 rings (SSSR count). The summed E-state index contributed by atoms with van der Waals surface area (Å²) >= 11 is 1.46. The van der Waals surface area contributed by atoms with Crippen LogP contribution in [0.5, 0.6) is 0 Å². The van der Waals surface area contributed by atoms with E-state index >= 15 is 0 Å². The highest BCUT2D eigenvalue weighted by Gasteiger charge is 2.13. The molecule has 0 bridgehead atoms. The van der Waals surface area contributed by atoms with E-state index in [1.54, 1.807) is 18.3 Å². The first-order valence-corrected chi connectivity index (χ1v) is 5.84. The van der Waals surface area contributed by atoms with Gasteiger partial charge in [-0.25, -0.2) is 0 Å². The van der Waals surface area contributed by atoms with Crippen molar-refractivity contribution in [2.24, 2.45) is 5.73 Å². The highest BCUT2D eigenvalue weighted by Crippen LogP contribution is 2.19. The largest absolute Gasteiger partial charge is 0.325 e. The van der Waals surface area contributed by atoms with Crippen molar-refractivity contribution in [3.63, 3.8) is 0 Å². The van der Waals surface area contributed by atoms with Crippen LogP contribution in [0.2, 0.25) is 0 Å². The van der Waals surface area contributed by atoms with Crippen molar-refractivity contribution in [2.45, 2.75) is 13.5 Å². The molecular formula is C12H12N2OS. The number of aryl methyl sites for hydroxylation is 1. The average molecular weight is 232 g/mol. The molecule has 2 N–H and O–H groups in total. The van der Waals surface area contributed by atoms with Gasteiger partial charge in [0, 0.05) is 18.3 Å². The van der Waals surface area contributed by atoms with E-state index in [0.29, 0.717) is 12.1 Å². The molecule has 0 fully saturated rings. The van der Waals surface area contributed by atoms with E-state index in [1.165, 1.54) is 11.3 Å². The number of nitrogens with zero attached hydrogens (tertiary/aromatic N) is 1. The van der Waals surface area contributed by atoms with Gasteiger partial charge in [-0.2, -0.15) is 0 Å². The molecule has 2 aromatic heterocycles. The van der Waals surface area contributed by atoms with Crippen LogP contribution < -0.4 is 5.73 Å². The normalized spacial score (nSPS) is 10.4. The maximum Gasteiger partial charge on any atom is 0.203 e. The molecule has 0 aliphatic rings. The SMILES string of the molecule is Cc1ccsc1C(=O)c1ccnc(CN)c1. The first-order valence-electron chi connectivity index (χ1n) is 4.96. The number of thiophene rings is 1. The fourth-order valence-electron chi connectivity index (χ4n) is 1.47. The number of hydrogen-bond donors (Lipinski definition) is 1. The lowest BCUT2D eigenvalue weighted by molar-refractivity contribution is 0.104. The molecule has 3 nitrogen and oxygen atoms in total. The van der Waals surface area contributed by atoms with Gasteiger partial charge in [0.1, 0.15) is 0 Å². The van der Waals surface area contributed by atoms with Crippen molar-refractivity contribution in [3.05, 3.63) is 51.5 Å². The first kappa shape index (κ1) is 11.0. The van der Waals surface area contributed by atoms with Gasteiger partial charge < -0.3 is 5.73 Å². The van der Waals surface area contributed by atoms with E-state index < -0.39 is 0 Å². The van der Waals surface area contributed by atoms with Crippen molar-refractivity contribution < 1.29 is 4.79 Å². The molecule has 0 amide bonds. The van der Waals surface area contributed by atoms with Gasteiger partial charge in [-0.3, -0.25) is 9.78 Å². The predicted octanol–water partition coefficient (Wildman–Crippen LogP) is 2.14. The summed E-state index contributed by atoms with van der Waals surface area (Å²) in [6, 6.07) is 5.42. The molecule has 82 valence electrons. The maximum absolute atomic E-state index is 12.1. The van der Waals surface area contributed by atoms with Crippen LogP contribution in [0.3, 0.4) is 0 Å². The zero-order chi connectivity index (χ0) is 11.5. The van der Waals surface area contributed by atoms with E-state index in [4.69, 9.17) is 5.73 Å². The Kier molecular flexibility index (Phi) is 3.12. The van der Waals surface area contributed by atoms with Gasteiger partial charge in [-0.1, -0.05) is 0 Å². The van der Waals surface area contributed by atoms with Crippen LogP contribution >= 0.6 is 11.3 Å². The summed E-state index contributed by atoms with van der Waals surface area (Å²) < 4.78 is 0. The van der Waals surface area contributed by atoms with Gasteiger partial charge in [0.15, 0.2) is 0 Å². The number of ketones is 1. The van der Waals surface area contributed by atoms with Crippen LogP contribution in [-0.4, -0.2) is 10.8 Å². The Hall–Kier alpha value is -1.52. The standard InChI is InChI=1S/C12H12N2OS/c1-8-3-5-16-12(8)11(15)9-2-4-14-10(6-9)7-13/h2-6H,7,13H2,1H3. The molecule has 0 radical (unpaired) electrons. The summed E-state index contributed by atoms with van der Waals surface area (Å²) in [5.41, 5.74) is 7.90. The lowest BCUT2D eigenvalue weighted by atomic mass is 10.1. The molecular weight excluding hydrogens is 220 g/mol. The second kappa shape index (κ2) is 4.55. The molecule has 0 spiro atoms. The lowest BCUT2D eigenvalue weighted by Gasteiger charge is -2.01. The van der Waals surface area contributed by atoms with Crippen LogP contribution in [0, 0.1) is 6.92 Å². The third-order valence-electron chi connectivity index (χ3n) is 2.36. The minimum atomic E-state index is 0.0459. The number of carbonyl (C=O) groups is 1. The number of hydrogen-bond acceptors (Lipinski definition) is 4. The summed E-state index contributed by atoms with van der Waals surface area (Å²) in [6.07, 6.45) is 1.62. The molecule has 0 saturated carbocycles. The van der Waals surface area contributed by atoms with Crippen molar-refractivity contribution in [3.8, 4) is 0 Å². The topological polar surface area (TPSA) is 56.0 Å². The molecule has 2 aromatic rings. The Bertz CT molecular complexity index is 519. The van der Waals surface area contributed by atoms with Gasteiger partial charge in [0.05, 0.1) is 10.6 Å². The number of nitrogens with two attached hydrogens (primary N) is 1. The third kappa shape index (κ3) is 2.03. The van der Waals surface area contributed by atoms with Crippen LogP contribution in [0.1, 0.15) is 26.5 Å². The molecule has 0 atom stereocenters. The Balaban J connectivity index is 2.38. The van der Waals surface area contributed by atoms with Gasteiger partial charge in [0.25, 0.3) is 0 Å². The van der Waals surface area contributed by atoms with Crippen molar-refractivity contribution >= 4 is 17.1 Å². The fourth-order valence-corrected chi connectivity index (χ4v) is 2.35. The zero-order valence-corrected chi connectivity index (χ0v) is 9.75. The average Bonchev–Trinajstić information content (AvgIpc) is 2.74. The molecule has 0 aromatic carbocycles. The Morgan fingerprint density at radius 2 is 2.31 bits per heavy atom. The minimum Gasteiger partial charge on any atom is -0.325 e. The number of pyridine rings is 1. The summed E-state index contributed by atoms with van der Waals surface area (Å²) in [4.78, 5) is 17.0. The molecule has 4 heteroatoms. The van der Waals surface area contributed by atoms with E-state index in [9.17, 15) is 4.79 Å². The molecule has 16 heavy (non-hydrogen) atoms. The minimum absolute atomic E-state index is 0.0459. The van der Waals surface area contributed by atoms with Crippen molar-refractivity contribution in [1.29, 1.82) is 0 Å². The molecule has 2 heterocycles. The Labute approximate surface area is 97.9 Å². The molecule has 0 aliphatic heterocycles. The van der Waals surface area contributed by atoms with Crippen LogP contribution in [-0.2, 0) is 6.54 Å². The lowest BCUT2D eigenvalue weighted by Crippen LogP contribution is -2.05. The highest BCUT2D eigenvalue weighted by molar-refractivity contribution is 7.12.